The van der Waals surface area contributed by atoms with Crippen molar-refractivity contribution >= 4 is 29.2 Å². The van der Waals surface area contributed by atoms with Crippen LogP contribution in [0.4, 0.5) is 0 Å². The number of aryl methyl sites for hydroxylation is 1. The molecule has 1 aliphatic heterocycles. The van der Waals surface area contributed by atoms with Crippen molar-refractivity contribution in [3.8, 4) is 11.5 Å². The fourth-order valence-electron chi connectivity index (χ4n) is 3.76. The topological polar surface area (TPSA) is 99.7 Å². The number of fused-ring (bicyclic) bond motifs is 1. The Balaban J connectivity index is 0.00000300. The van der Waals surface area contributed by atoms with E-state index >= 15 is 0 Å². The van der Waals surface area contributed by atoms with Gasteiger partial charge in [-0.1, -0.05) is 0 Å². The van der Waals surface area contributed by atoms with Gasteiger partial charge in [0, 0.05) is 38.2 Å². The molecular formula is C20H29ClN4O4. The zero-order chi connectivity index (χ0) is 20.1. The summed E-state index contributed by atoms with van der Waals surface area (Å²) >= 11 is 0. The minimum atomic E-state index is -0.156. The molecule has 9 heteroatoms. The van der Waals surface area contributed by atoms with Crippen LogP contribution in [0, 0.1) is 0 Å². The predicted octanol–water partition coefficient (Wildman–Crippen LogP) is 1.96. The van der Waals surface area contributed by atoms with Gasteiger partial charge in [-0.05, 0) is 31.7 Å². The molecule has 1 fully saturated rings. The fraction of sp³-hybridized carbons (Fsp3) is 0.550. The molecule has 8 nitrogen and oxygen atoms in total. The molecule has 2 N–H and O–H groups in total. The van der Waals surface area contributed by atoms with Crippen LogP contribution in [0.1, 0.15) is 32.1 Å². The van der Waals surface area contributed by atoms with Crippen LogP contribution in [0.2, 0.25) is 0 Å². The number of likely N-dealkylation sites (tertiary alicyclic amines) is 1. The number of amides is 1. The molecule has 2 heterocycles. The monoisotopic (exact) mass is 424 g/mol. The normalized spacial score (nSPS) is 16.4. The Hall–Kier alpha value is -2.32. The number of aromatic nitrogens is 2. The Kier molecular flexibility index (Phi) is 8.28. The molecule has 1 unspecified atom stereocenters. The van der Waals surface area contributed by atoms with E-state index in [1.54, 1.807) is 19.2 Å². The lowest BCUT2D eigenvalue weighted by Gasteiger charge is -2.35. The average molecular weight is 425 g/mol. The van der Waals surface area contributed by atoms with E-state index in [4.69, 9.17) is 15.2 Å². The average Bonchev–Trinajstić information content (AvgIpc) is 2.74. The number of benzene rings is 1. The maximum absolute atomic E-state index is 12.8. The minimum Gasteiger partial charge on any atom is -0.493 e. The van der Waals surface area contributed by atoms with E-state index in [0.29, 0.717) is 48.3 Å². The van der Waals surface area contributed by atoms with Gasteiger partial charge >= 0.3 is 0 Å². The van der Waals surface area contributed by atoms with Gasteiger partial charge in [0.25, 0.3) is 5.56 Å². The second-order valence-corrected chi connectivity index (χ2v) is 7.04. The van der Waals surface area contributed by atoms with E-state index in [1.165, 1.54) is 18.0 Å². The Labute approximate surface area is 176 Å². The first-order chi connectivity index (χ1) is 13.6. The van der Waals surface area contributed by atoms with Crippen LogP contribution in [0.25, 0.3) is 10.9 Å². The number of rotatable bonds is 7. The van der Waals surface area contributed by atoms with Crippen molar-refractivity contribution in [1.82, 2.24) is 14.5 Å². The number of hydrogen-bond acceptors (Lipinski definition) is 6. The van der Waals surface area contributed by atoms with Crippen molar-refractivity contribution in [2.75, 3.05) is 27.3 Å². The molecule has 0 spiro atoms. The molecule has 0 radical (unpaired) electrons. The van der Waals surface area contributed by atoms with Crippen molar-refractivity contribution in [3.63, 3.8) is 0 Å². The van der Waals surface area contributed by atoms with Crippen molar-refractivity contribution in [1.29, 1.82) is 0 Å². The Bertz CT molecular complexity index is 902. The van der Waals surface area contributed by atoms with E-state index in [9.17, 15) is 9.59 Å². The van der Waals surface area contributed by atoms with Crippen LogP contribution in [0.5, 0.6) is 11.5 Å². The summed E-state index contributed by atoms with van der Waals surface area (Å²) in [7, 11) is 3.07. The second-order valence-electron chi connectivity index (χ2n) is 7.04. The summed E-state index contributed by atoms with van der Waals surface area (Å²) in [5.74, 6) is 1.13. The van der Waals surface area contributed by atoms with Crippen LogP contribution in [0.3, 0.4) is 0 Å². The second kappa shape index (κ2) is 10.5. The summed E-state index contributed by atoms with van der Waals surface area (Å²) in [6.45, 7) is 1.72. The van der Waals surface area contributed by atoms with Gasteiger partial charge in [0.2, 0.25) is 5.91 Å². The highest BCUT2D eigenvalue weighted by Crippen LogP contribution is 2.29. The summed E-state index contributed by atoms with van der Waals surface area (Å²) in [5, 5.41) is 0.464. The van der Waals surface area contributed by atoms with Crippen LogP contribution in [0.15, 0.2) is 23.3 Å². The van der Waals surface area contributed by atoms with Crippen LogP contribution in [-0.4, -0.2) is 53.7 Å². The minimum absolute atomic E-state index is 0. The predicted molar refractivity (Wildman–Crippen MR) is 114 cm³/mol. The first-order valence-corrected chi connectivity index (χ1v) is 9.69. The summed E-state index contributed by atoms with van der Waals surface area (Å²) in [4.78, 5) is 31.6. The Morgan fingerprint density at radius 3 is 2.66 bits per heavy atom. The van der Waals surface area contributed by atoms with Gasteiger partial charge in [-0.2, -0.15) is 0 Å². The molecule has 0 saturated carbocycles. The summed E-state index contributed by atoms with van der Waals surface area (Å²) < 4.78 is 12.1. The number of nitrogens with two attached hydrogens (primary N) is 1. The molecule has 160 valence electrons. The number of ether oxygens (including phenoxy) is 2. The first-order valence-electron chi connectivity index (χ1n) is 9.69. The summed E-state index contributed by atoms with van der Waals surface area (Å²) in [5.41, 5.74) is 6.20. The zero-order valence-corrected chi connectivity index (χ0v) is 17.7. The highest BCUT2D eigenvalue weighted by atomic mass is 35.5. The number of halogens is 1. The third-order valence-electron chi connectivity index (χ3n) is 5.34. The molecule has 1 aromatic carbocycles. The highest BCUT2D eigenvalue weighted by molar-refractivity contribution is 5.85. The molecule has 1 saturated heterocycles. The molecule has 1 aromatic heterocycles. The van der Waals surface area contributed by atoms with E-state index in [1.807, 2.05) is 4.90 Å². The van der Waals surface area contributed by atoms with E-state index < -0.39 is 0 Å². The van der Waals surface area contributed by atoms with Gasteiger partial charge in [0.05, 0.1) is 31.4 Å². The van der Waals surface area contributed by atoms with Gasteiger partial charge < -0.3 is 20.1 Å². The lowest BCUT2D eigenvalue weighted by atomic mass is 10.0. The molecule has 1 atom stereocenters. The molecule has 1 aliphatic rings. The van der Waals surface area contributed by atoms with Crippen LogP contribution < -0.4 is 20.8 Å². The fourth-order valence-corrected chi connectivity index (χ4v) is 3.76. The number of methoxy groups -OCH3 is 2. The largest absolute Gasteiger partial charge is 0.493 e. The maximum atomic E-state index is 12.8. The molecule has 29 heavy (non-hydrogen) atoms. The molecule has 0 bridgehead atoms. The zero-order valence-electron chi connectivity index (χ0n) is 16.9. The summed E-state index contributed by atoms with van der Waals surface area (Å²) in [6.07, 6.45) is 5.62. The lowest BCUT2D eigenvalue weighted by molar-refractivity contribution is -0.134. The molecule has 2 aromatic rings. The highest BCUT2D eigenvalue weighted by Gasteiger charge is 2.25. The van der Waals surface area contributed by atoms with Crippen molar-refractivity contribution in [3.05, 3.63) is 28.8 Å². The number of carbonyl (C=O) groups is 1. The lowest BCUT2D eigenvalue weighted by Crippen LogP contribution is -2.47. The SMILES string of the molecule is COc1cc2ncn(CCCC(=O)N3CCCCC3CN)c(=O)c2cc1OC.Cl. The Morgan fingerprint density at radius 2 is 1.97 bits per heavy atom. The Morgan fingerprint density at radius 1 is 1.24 bits per heavy atom. The van der Waals surface area contributed by atoms with Crippen LogP contribution in [-0.2, 0) is 11.3 Å². The number of piperidine rings is 1. The summed E-state index contributed by atoms with van der Waals surface area (Å²) in [6, 6.07) is 3.48. The first kappa shape index (κ1) is 23.0. The maximum Gasteiger partial charge on any atom is 0.261 e. The number of nitrogens with zero attached hydrogens (tertiary/aromatic N) is 3. The quantitative estimate of drug-likeness (QED) is 0.729. The van der Waals surface area contributed by atoms with E-state index in [-0.39, 0.29) is 29.9 Å². The third-order valence-corrected chi connectivity index (χ3v) is 5.34. The van der Waals surface area contributed by atoms with Gasteiger partial charge in [-0.15, -0.1) is 12.4 Å². The van der Waals surface area contributed by atoms with E-state index in [2.05, 4.69) is 4.98 Å². The van der Waals surface area contributed by atoms with Crippen LogP contribution >= 0.6 is 12.4 Å². The van der Waals surface area contributed by atoms with Crippen molar-refractivity contribution in [2.45, 2.75) is 44.7 Å². The van der Waals surface area contributed by atoms with Gasteiger partial charge in [0.1, 0.15) is 0 Å². The molecule has 0 aliphatic carbocycles. The van der Waals surface area contributed by atoms with Gasteiger partial charge in [0.15, 0.2) is 11.5 Å². The number of carbonyl (C=O) groups excluding carboxylic acids is 1. The van der Waals surface area contributed by atoms with Gasteiger partial charge in [-0.3, -0.25) is 14.2 Å². The number of hydrogen-bond donors (Lipinski definition) is 1. The smallest absolute Gasteiger partial charge is 0.261 e. The molecule has 1 amide bonds. The standard InChI is InChI=1S/C20H28N4O4.ClH/c1-27-17-10-15-16(11-18(17)28-2)22-13-23(20(15)26)8-5-7-19(25)24-9-4-3-6-14(24)12-21;/h10-11,13-14H,3-9,12,21H2,1-2H3;1H. The van der Waals surface area contributed by atoms with Crippen molar-refractivity contribution < 1.29 is 14.3 Å². The molecular weight excluding hydrogens is 396 g/mol. The van der Waals surface area contributed by atoms with Gasteiger partial charge in [-0.25, -0.2) is 4.98 Å². The van der Waals surface area contributed by atoms with Crippen molar-refractivity contribution in [2.24, 2.45) is 5.73 Å². The van der Waals surface area contributed by atoms with E-state index in [0.717, 1.165) is 25.8 Å². The third kappa shape index (κ3) is 5.00. The molecule has 3 rings (SSSR count).